The SMILES string of the molecule is COc1cc(OC)cc(S(C)(=O)=O)c1. The Kier molecular flexibility index (Phi) is 3.00. The molecule has 5 heteroatoms. The Morgan fingerprint density at radius 3 is 1.71 bits per heavy atom. The van der Waals surface area contributed by atoms with E-state index in [2.05, 4.69) is 0 Å². The fraction of sp³-hybridized carbons (Fsp3) is 0.333. The van der Waals surface area contributed by atoms with Crippen LogP contribution in [0.2, 0.25) is 0 Å². The van der Waals surface area contributed by atoms with Gasteiger partial charge in [-0.2, -0.15) is 0 Å². The second-order valence-corrected chi connectivity index (χ2v) is 4.84. The summed E-state index contributed by atoms with van der Waals surface area (Å²) in [6.07, 6.45) is 1.14. The predicted octanol–water partition coefficient (Wildman–Crippen LogP) is 1.11. The zero-order chi connectivity index (χ0) is 10.8. The van der Waals surface area contributed by atoms with Crippen LogP contribution < -0.4 is 9.47 Å². The highest BCUT2D eigenvalue weighted by atomic mass is 32.2. The fourth-order valence-electron chi connectivity index (χ4n) is 0.995. The largest absolute Gasteiger partial charge is 0.497 e. The molecule has 0 aliphatic carbocycles. The van der Waals surface area contributed by atoms with E-state index in [0.717, 1.165) is 6.26 Å². The van der Waals surface area contributed by atoms with Crippen molar-refractivity contribution in [3.63, 3.8) is 0 Å². The molecule has 0 aliphatic heterocycles. The van der Waals surface area contributed by atoms with Crippen molar-refractivity contribution >= 4 is 9.84 Å². The number of hydrogen-bond acceptors (Lipinski definition) is 4. The van der Waals surface area contributed by atoms with Crippen molar-refractivity contribution < 1.29 is 17.9 Å². The van der Waals surface area contributed by atoms with Crippen LogP contribution in [0, 0.1) is 0 Å². The molecule has 4 nitrogen and oxygen atoms in total. The third-order valence-electron chi connectivity index (χ3n) is 1.75. The number of benzene rings is 1. The molecule has 14 heavy (non-hydrogen) atoms. The summed E-state index contributed by atoms with van der Waals surface area (Å²) in [5.74, 6) is 0.926. The van der Waals surface area contributed by atoms with Crippen LogP contribution in [0.4, 0.5) is 0 Å². The first-order valence-corrected chi connectivity index (χ1v) is 5.79. The lowest BCUT2D eigenvalue weighted by atomic mass is 10.3. The van der Waals surface area contributed by atoms with Gasteiger partial charge in [0.15, 0.2) is 9.84 Å². The molecule has 0 unspecified atom stereocenters. The Bertz CT molecular complexity index is 400. The standard InChI is InChI=1S/C9H12O4S/c1-12-7-4-8(13-2)6-9(5-7)14(3,10)11/h4-6H,1-3H3. The highest BCUT2D eigenvalue weighted by molar-refractivity contribution is 7.90. The summed E-state index contributed by atoms with van der Waals surface area (Å²) < 4.78 is 32.4. The number of ether oxygens (including phenoxy) is 2. The molecule has 0 fully saturated rings. The second kappa shape index (κ2) is 3.88. The van der Waals surface area contributed by atoms with Crippen molar-refractivity contribution in [2.75, 3.05) is 20.5 Å². The minimum Gasteiger partial charge on any atom is -0.497 e. The van der Waals surface area contributed by atoms with E-state index in [9.17, 15) is 8.42 Å². The predicted molar refractivity (Wildman–Crippen MR) is 52.7 cm³/mol. The Morgan fingerprint density at radius 2 is 1.43 bits per heavy atom. The average Bonchev–Trinajstić information content (AvgIpc) is 2.15. The van der Waals surface area contributed by atoms with Gasteiger partial charge in [0.05, 0.1) is 19.1 Å². The van der Waals surface area contributed by atoms with E-state index in [4.69, 9.17) is 9.47 Å². The number of hydrogen-bond donors (Lipinski definition) is 0. The number of rotatable bonds is 3. The van der Waals surface area contributed by atoms with E-state index in [1.807, 2.05) is 0 Å². The molecule has 1 rings (SSSR count). The summed E-state index contributed by atoms with van der Waals surface area (Å²) in [6.45, 7) is 0. The van der Waals surface area contributed by atoms with Crippen molar-refractivity contribution in [1.82, 2.24) is 0 Å². The molecule has 0 saturated heterocycles. The summed E-state index contributed by atoms with van der Waals surface area (Å²) in [5, 5.41) is 0. The van der Waals surface area contributed by atoms with Crippen molar-refractivity contribution in [2.45, 2.75) is 4.90 Å². The first kappa shape index (κ1) is 10.8. The lowest BCUT2D eigenvalue weighted by molar-refractivity contribution is 0.392. The summed E-state index contributed by atoms with van der Waals surface area (Å²) in [6, 6.07) is 4.53. The van der Waals surface area contributed by atoms with Gasteiger partial charge in [-0.25, -0.2) is 8.42 Å². The lowest BCUT2D eigenvalue weighted by Gasteiger charge is -2.06. The van der Waals surface area contributed by atoms with Crippen molar-refractivity contribution in [3.8, 4) is 11.5 Å². The van der Waals surface area contributed by atoms with E-state index in [1.54, 1.807) is 6.07 Å². The van der Waals surface area contributed by atoms with Gasteiger partial charge in [-0.05, 0) is 12.1 Å². The maximum atomic E-state index is 11.3. The van der Waals surface area contributed by atoms with Gasteiger partial charge in [-0.15, -0.1) is 0 Å². The van der Waals surface area contributed by atoms with Gasteiger partial charge in [-0.3, -0.25) is 0 Å². The van der Waals surface area contributed by atoms with Gasteiger partial charge in [0.1, 0.15) is 11.5 Å². The normalized spacial score (nSPS) is 11.1. The Hall–Kier alpha value is -1.23. The summed E-state index contributed by atoms with van der Waals surface area (Å²) in [4.78, 5) is 0.189. The van der Waals surface area contributed by atoms with Crippen LogP contribution in [0.3, 0.4) is 0 Å². The van der Waals surface area contributed by atoms with Crippen molar-refractivity contribution in [2.24, 2.45) is 0 Å². The van der Waals surface area contributed by atoms with Crippen LogP contribution in [0.5, 0.6) is 11.5 Å². The van der Waals surface area contributed by atoms with E-state index in [1.165, 1.54) is 26.4 Å². The molecule has 0 aliphatic rings. The molecule has 0 amide bonds. The van der Waals surface area contributed by atoms with Crippen LogP contribution in [0.25, 0.3) is 0 Å². The highest BCUT2D eigenvalue weighted by Gasteiger charge is 2.10. The lowest BCUT2D eigenvalue weighted by Crippen LogP contribution is -1.98. The second-order valence-electron chi connectivity index (χ2n) is 2.82. The average molecular weight is 216 g/mol. The maximum Gasteiger partial charge on any atom is 0.175 e. The third-order valence-corrected chi connectivity index (χ3v) is 2.85. The smallest absolute Gasteiger partial charge is 0.175 e. The van der Waals surface area contributed by atoms with Gasteiger partial charge >= 0.3 is 0 Å². The topological polar surface area (TPSA) is 52.6 Å². The molecular formula is C9H12O4S. The molecule has 0 spiro atoms. The van der Waals surface area contributed by atoms with Crippen molar-refractivity contribution in [3.05, 3.63) is 18.2 Å². The van der Waals surface area contributed by atoms with Gasteiger partial charge in [0.2, 0.25) is 0 Å². The molecule has 1 aromatic rings. The third kappa shape index (κ3) is 2.38. The molecule has 0 aromatic heterocycles. The van der Waals surface area contributed by atoms with Gasteiger partial charge < -0.3 is 9.47 Å². The van der Waals surface area contributed by atoms with Crippen LogP contribution in [0.15, 0.2) is 23.1 Å². The molecule has 0 radical (unpaired) electrons. The van der Waals surface area contributed by atoms with E-state index in [-0.39, 0.29) is 4.90 Å². The zero-order valence-electron chi connectivity index (χ0n) is 8.27. The fourth-order valence-corrected chi connectivity index (χ4v) is 1.66. The summed E-state index contributed by atoms with van der Waals surface area (Å²) in [7, 11) is -0.282. The van der Waals surface area contributed by atoms with E-state index >= 15 is 0 Å². The minimum atomic E-state index is -3.23. The zero-order valence-corrected chi connectivity index (χ0v) is 9.09. The number of methoxy groups -OCH3 is 2. The Labute approximate surface area is 83.4 Å². The first-order valence-electron chi connectivity index (χ1n) is 3.90. The molecular weight excluding hydrogens is 204 g/mol. The monoisotopic (exact) mass is 216 g/mol. The highest BCUT2D eigenvalue weighted by Crippen LogP contribution is 2.25. The summed E-state index contributed by atoms with van der Waals surface area (Å²) >= 11 is 0. The molecule has 0 N–H and O–H groups in total. The van der Waals surface area contributed by atoms with Gasteiger partial charge in [0.25, 0.3) is 0 Å². The molecule has 0 bridgehead atoms. The van der Waals surface area contributed by atoms with Crippen molar-refractivity contribution in [1.29, 1.82) is 0 Å². The van der Waals surface area contributed by atoms with E-state index in [0.29, 0.717) is 11.5 Å². The summed E-state index contributed by atoms with van der Waals surface area (Å²) in [5.41, 5.74) is 0. The molecule has 0 atom stereocenters. The minimum absolute atomic E-state index is 0.189. The molecule has 1 aromatic carbocycles. The van der Waals surface area contributed by atoms with Gasteiger partial charge in [0, 0.05) is 12.3 Å². The van der Waals surface area contributed by atoms with Crippen LogP contribution in [-0.4, -0.2) is 28.9 Å². The Morgan fingerprint density at radius 1 is 1.00 bits per heavy atom. The maximum absolute atomic E-state index is 11.3. The molecule has 0 saturated carbocycles. The van der Waals surface area contributed by atoms with Crippen LogP contribution in [0.1, 0.15) is 0 Å². The Balaban J connectivity index is 3.32. The quantitative estimate of drug-likeness (QED) is 0.759. The number of sulfone groups is 1. The first-order chi connectivity index (χ1) is 6.47. The van der Waals surface area contributed by atoms with Gasteiger partial charge in [-0.1, -0.05) is 0 Å². The molecule has 0 heterocycles. The van der Waals surface area contributed by atoms with Crippen LogP contribution in [-0.2, 0) is 9.84 Å². The molecule has 78 valence electrons. The van der Waals surface area contributed by atoms with E-state index < -0.39 is 9.84 Å². The van der Waals surface area contributed by atoms with Crippen LogP contribution >= 0.6 is 0 Å².